The molecule has 0 saturated heterocycles. The van der Waals surface area contributed by atoms with Gasteiger partial charge in [-0.2, -0.15) is 0 Å². The summed E-state index contributed by atoms with van der Waals surface area (Å²) in [5.74, 6) is 0. The predicted octanol–water partition coefficient (Wildman–Crippen LogP) is 1.09. The number of nitrogens with zero attached hydrogens (tertiary/aromatic N) is 4. The zero-order valence-electron chi connectivity index (χ0n) is 6.64. The summed E-state index contributed by atoms with van der Waals surface area (Å²) < 4.78 is 1.97. The molecule has 62 valence electrons. The molecule has 0 aromatic carbocycles. The van der Waals surface area contributed by atoms with Gasteiger partial charge in [-0.3, -0.25) is 0 Å². The number of hydrogen-bond acceptors (Lipinski definition) is 4. The molecule has 0 spiro atoms. The summed E-state index contributed by atoms with van der Waals surface area (Å²) in [4.78, 5) is 3.94. The third kappa shape index (κ3) is 1.50. The molecule has 0 bridgehead atoms. The summed E-state index contributed by atoms with van der Waals surface area (Å²) in [6.45, 7) is 2.72. The number of aromatic nitrogens is 4. The molecule has 0 aliphatic carbocycles. The molecule has 0 aliphatic heterocycles. The van der Waals surface area contributed by atoms with Crippen LogP contribution >= 0.6 is 11.3 Å². The lowest BCUT2D eigenvalue weighted by molar-refractivity contribution is 0.775. The molecular weight excluding hydrogens is 172 g/mol. The van der Waals surface area contributed by atoms with Gasteiger partial charge in [-0.1, -0.05) is 11.3 Å². The van der Waals surface area contributed by atoms with Gasteiger partial charge in [0.2, 0.25) is 0 Å². The van der Waals surface area contributed by atoms with Crippen LogP contribution in [-0.4, -0.2) is 19.7 Å². The van der Waals surface area contributed by atoms with Crippen LogP contribution in [0.1, 0.15) is 10.0 Å². The molecule has 0 fully saturated rings. The van der Waals surface area contributed by atoms with E-state index in [0.717, 1.165) is 16.6 Å². The van der Waals surface area contributed by atoms with Gasteiger partial charge in [-0.25, -0.2) is 4.98 Å². The van der Waals surface area contributed by atoms with Crippen LogP contribution in [0.15, 0.2) is 18.7 Å². The number of aryl methyl sites for hydroxylation is 1. The van der Waals surface area contributed by atoms with Crippen molar-refractivity contribution in [1.82, 2.24) is 19.7 Å². The van der Waals surface area contributed by atoms with Gasteiger partial charge in [0.15, 0.2) is 0 Å². The van der Waals surface area contributed by atoms with Crippen LogP contribution in [0, 0.1) is 6.92 Å². The number of rotatable bonds is 2. The summed E-state index contributed by atoms with van der Waals surface area (Å²) in [6, 6.07) is 0. The third-order valence-electron chi connectivity index (χ3n) is 1.44. The summed E-state index contributed by atoms with van der Waals surface area (Å²) >= 11 is 1.62. The largest absolute Gasteiger partial charge is 0.331 e. The first-order valence-corrected chi connectivity index (χ1v) is 4.41. The lowest BCUT2D eigenvalue weighted by Gasteiger charge is -1.94. The van der Waals surface area contributed by atoms with Crippen LogP contribution in [0.4, 0.5) is 0 Å². The standard InChI is InChI=1S/C7H8N4S/c1-6-9-10-7(12-6)4-11-3-2-8-5-11/h2-3,5H,4H2,1H3. The van der Waals surface area contributed by atoms with Crippen LogP contribution < -0.4 is 0 Å². The van der Waals surface area contributed by atoms with Gasteiger partial charge in [-0.05, 0) is 6.92 Å². The van der Waals surface area contributed by atoms with Gasteiger partial charge >= 0.3 is 0 Å². The van der Waals surface area contributed by atoms with E-state index in [1.54, 1.807) is 23.9 Å². The summed E-state index contributed by atoms with van der Waals surface area (Å²) in [6.07, 6.45) is 5.45. The fraction of sp³-hybridized carbons (Fsp3) is 0.286. The highest BCUT2D eigenvalue weighted by Gasteiger charge is 1.99. The molecule has 2 aromatic rings. The Balaban J connectivity index is 2.14. The van der Waals surface area contributed by atoms with E-state index < -0.39 is 0 Å². The van der Waals surface area contributed by atoms with Crippen molar-refractivity contribution < 1.29 is 0 Å². The highest BCUT2D eigenvalue weighted by molar-refractivity contribution is 7.11. The van der Waals surface area contributed by atoms with Gasteiger partial charge in [0.25, 0.3) is 0 Å². The minimum Gasteiger partial charge on any atom is -0.331 e. The van der Waals surface area contributed by atoms with E-state index in [9.17, 15) is 0 Å². The molecule has 0 amide bonds. The smallest absolute Gasteiger partial charge is 0.137 e. The van der Waals surface area contributed by atoms with Crippen molar-refractivity contribution in [3.05, 3.63) is 28.7 Å². The van der Waals surface area contributed by atoms with Crippen molar-refractivity contribution in [3.63, 3.8) is 0 Å². The Morgan fingerprint density at radius 2 is 2.42 bits per heavy atom. The van der Waals surface area contributed by atoms with Crippen LogP contribution in [-0.2, 0) is 6.54 Å². The van der Waals surface area contributed by atoms with Crippen molar-refractivity contribution in [2.75, 3.05) is 0 Å². The minimum atomic E-state index is 0.769. The first-order chi connectivity index (χ1) is 5.84. The van der Waals surface area contributed by atoms with Crippen molar-refractivity contribution in [2.24, 2.45) is 0 Å². The van der Waals surface area contributed by atoms with Gasteiger partial charge < -0.3 is 4.57 Å². The lowest BCUT2D eigenvalue weighted by atomic mass is 10.6. The van der Waals surface area contributed by atoms with Crippen molar-refractivity contribution >= 4 is 11.3 Å². The molecule has 0 atom stereocenters. The normalized spacial score (nSPS) is 10.4. The highest BCUT2D eigenvalue weighted by Crippen LogP contribution is 2.08. The minimum absolute atomic E-state index is 0.769. The fourth-order valence-corrected chi connectivity index (χ4v) is 1.66. The van der Waals surface area contributed by atoms with E-state index in [2.05, 4.69) is 15.2 Å². The van der Waals surface area contributed by atoms with E-state index in [4.69, 9.17) is 0 Å². The summed E-state index contributed by atoms with van der Waals surface area (Å²) in [5.41, 5.74) is 0. The topological polar surface area (TPSA) is 43.6 Å². The zero-order valence-corrected chi connectivity index (χ0v) is 7.45. The first-order valence-electron chi connectivity index (χ1n) is 3.59. The average Bonchev–Trinajstić information content (AvgIpc) is 2.63. The Bertz CT molecular complexity index is 351. The van der Waals surface area contributed by atoms with E-state index in [1.165, 1.54) is 0 Å². The number of imidazole rings is 1. The Morgan fingerprint density at radius 3 is 3.00 bits per heavy atom. The highest BCUT2D eigenvalue weighted by atomic mass is 32.1. The first kappa shape index (κ1) is 7.42. The monoisotopic (exact) mass is 180 g/mol. The van der Waals surface area contributed by atoms with Crippen molar-refractivity contribution in [1.29, 1.82) is 0 Å². The molecule has 2 heterocycles. The average molecular weight is 180 g/mol. The molecular formula is C7H8N4S. The molecule has 0 saturated carbocycles. The van der Waals surface area contributed by atoms with Gasteiger partial charge in [-0.15, -0.1) is 10.2 Å². The van der Waals surface area contributed by atoms with Crippen LogP contribution in [0.25, 0.3) is 0 Å². The molecule has 0 unspecified atom stereocenters. The molecule has 2 rings (SSSR count). The number of hydrogen-bond donors (Lipinski definition) is 0. The van der Waals surface area contributed by atoms with E-state index >= 15 is 0 Å². The molecule has 0 aliphatic rings. The molecule has 4 nitrogen and oxygen atoms in total. The maximum Gasteiger partial charge on any atom is 0.137 e. The van der Waals surface area contributed by atoms with E-state index in [-0.39, 0.29) is 0 Å². The van der Waals surface area contributed by atoms with Crippen LogP contribution in [0.3, 0.4) is 0 Å². The van der Waals surface area contributed by atoms with Gasteiger partial charge in [0.05, 0.1) is 12.9 Å². The zero-order chi connectivity index (χ0) is 8.39. The second-order valence-electron chi connectivity index (χ2n) is 2.45. The van der Waals surface area contributed by atoms with Crippen LogP contribution in [0.2, 0.25) is 0 Å². The molecule has 5 heteroatoms. The summed E-state index contributed by atoms with van der Waals surface area (Å²) in [5, 5.41) is 9.97. The Morgan fingerprint density at radius 1 is 1.50 bits per heavy atom. The fourth-order valence-electron chi connectivity index (χ4n) is 0.938. The second-order valence-corrected chi connectivity index (χ2v) is 3.72. The van der Waals surface area contributed by atoms with Gasteiger partial charge in [0.1, 0.15) is 10.0 Å². The summed E-state index contributed by atoms with van der Waals surface area (Å²) in [7, 11) is 0. The van der Waals surface area contributed by atoms with Crippen molar-refractivity contribution in [3.8, 4) is 0 Å². The molecule has 0 N–H and O–H groups in total. The molecule has 0 radical (unpaired) electrons. The van der Waals surface area contributed by atoms with E-state index in [1.807, 2.05) is 17.7 Å². The molecule has 12 heavy (non-hydrogen) atoms. The molecule has 2 aromatic heterocycles. The third-order valence-corrected chi connectivity index (χ3v) is 2.27. The maximum absolute atomic E-state index is 4.01. The van der Waals surface area contributed by atoms with Crippen LogP contribution in [0.5, 0.6) is 0 Å². The maximum atomic E-state index is 4.01. The SMILES string of the molecule is Cc1nnc(Cn2ccnc2)s1. The Hall–Kier alpha value is -1.23. The van der Waals surface area contributed by atoms with Gasteiger partial charge in [0, 0.05) is 12.4 Å². The Labute approximate surface area is 73.9 Å². The lowest BCUT2D eigenvalue weighted by Crippen LogP contribution is -1.95. The quantitative estimate of drug-likeness (QED) is 0.695. The van der Waals surface area contributed by atoms with Crippen molar-refractivity contribution in [2.45, 2.75) is 13.5 Å². The second kappa shape index (κ2) is 3.02. The van der Waals surface area contributed by atoms with E-state index in [0.29, 0.717) is 0 Å². The Kier molecular flexibility index (Phi) is 1.87. The predicted molar refractivity (Wildman–Crippen MR) is 46.0 cm³/mol.